The standard InChI is InChI=1S/C15H24ClN3O3S.HI/c1-17-15(19-9-10-22-11-12-23(2,20)21)18-8-7-13-5-3-4-6-14(13)16;/h3-6H,7-12H2,1-2H3,(H2,17,18,19);1H. The van der Waals surface area contributed by atoms with Crippen LogP contribution in [0.1, 0.15) is 5.56 Å². The molecule has 0 amide bonds. The summed E-state index contributed by atoms with van der Waals surface area (Å²) in [5.41, 5.74) is 1.08. The van der Waals surface area contributed by atoms with Crippen LogP contribution in [0, 0.1) is 0 Å². The fourth-order valence-electron chi connectivity index (χ4n) is 1.79. The zero-order chi connectivity index (χ0) is 17.1. The fourth-order valence-corrected chi connectivity index (χ4v) is 2.44. The van der Waals surface area contributed by atoms with E-state index >= 15 is 0 Å². The summed E-state index contributed by atoms with van der Waals surface area (Å²) < 4.78 is 27.1. The van der Waals surface area contributed by atoms with E-state index in [4.69, 9.17) is 16.3 Å². The van der Waals surface area contributed by atoms with Crippen molar-refractivity contribution in [2.24, 2.45) is 4.99 Å². The van der Waals surface area contributed by atoms with E-state index in [-0.39, 0.29) is 36.3 Å². The van der Waals surface area contributed by atoms with Gasteiger partial charge in [-0.05, 0) is 18.1 Å². The second kappa shape index (κ2) is 12.7. The summed E-state index contributed by atoms with van der Waals surface area (Å²) in [7, 11) is -1.28. The van der Waals surface area contributed by atoms with Crippen LogP contribution in [0.2, 0.25) is 5.02 Å². The Hall–Kier alpha value is -0.580. The molecular formula is C15H25ClIN3O3S. The summed E-state index contributed by atoms with van der Waals surface area (Å²) in [5.74, 6) is 0.710. The molecule has 1 aromatic rings. The van der Waals surface area contributed by atoms with Gasteiger partial charge in [-0.3, -0.25) is 4.99 Å². The molecule has 0 saturated carbocycles. The molecule has 0 aliphatic heterocycles. The van der Waals surface area contributed by atoms with Gasteiger partial charge in [0, 0.05) is 31.4 Å². The van der Waals surface area contributed by atoms with Crippen molar-refractivity contribution in [2.75, 3.05) is 45.4 Å². The first kappa shape index (κ1) is 23.4. The highest BCUT2D eigenvalue weighted by Crippen LogP contribution is 2.14. The van der Waals surface area contributed by atoms with Crippen molar-refractivity contribution in [1.29, 1.82) is 0 Å². The van der Waals surface area contributed by atoms with Gasteiger partial charge in [0.25, 0.3) is 0 Å². The van der Waals surface area contributed by atoms with Gasteiger partial charge in [0.05, 0.1) is 19.0 Å². The molecule has 6 nitrogen and oxygen atoms in total. The maximum absolute atomic E-state index is 10.9. The van der Waals surface area contributed by atoms with Crippen LogP contribution >= 0.6 is 35.6 Å². The Kier molecular flexibility index (Phi) is 12.4. The number of sulfone groups is 1. The SMILES string of the molecule is CN=C(NCCOCCS(C)(=O)=O)NCCc1ccccc1Cl.I. The van der Waals surface area contributed by atoms with Gasteiger partial charge in [-0.25, -0.2) is 8.42 Å². The van der Waals surface area contributed by atoms with Crippen LogP contribution in [0.4, 0.5) is 0 Å². The van der Waals surface area contributed by atoms with Crippen molar-refractivity contribution < 1.29 is 13.2 Å². The van der Waals surface area contributed by atoms with Crippen molar-refractivity contribution in [2.45, 2.75) is 6.42 Å². The third-order valence-corrected chi connectivity index (χ3v) is 4.28. The maximum atomic E-state index is 10.9. The van der Waals surface area contributed by atoms with Gasteiger partial charge in [-0.15, -0.1) is 24.0 Å². The Morgan fingerprint density at radius 1 is 1.21 bits per heavy atom. The Morgan fingerprint density at radius 2 is 1.88 bits per heavy atom. The third-order valence-electron chi connectivity index (χ3n) is 3.01. The van der Waals surface area contributed by atoms with Gasteiger partial charge in [-0.2, -0.15) is 0 Å². The summed E-state index contributed by atoms with van der Waals surface area (Å²) in [6.45, 7) is 1.88. The second-order valence-electron chi connectivity index (χ2n) is 5.01. The van der Waals surface area contributed by atoms with Crippen LogP contribution in [0.15, 0.2) is 29.3 Å². The van der Waals surface area contributed by atoms with Crippen molar-refractivity contribution in [1.82, 2.24) is 10.6 Å². The Bertz CT molecular complexity index is 612. The summed E-state index contributed by atoms with van der Waals surface area (Å²) in [5, 5.41) is 7.05. The van der Waals surface area contributed by atoms with E-state index in [2.05, 4.69) is 15.6 Å². The minimum Gasteiger partial charge on any atom is -0.379 e. The van der Waals surface area contributed by atoms with Crippen LogP contribution in [0.25, 0.3) is 0 Å². The van der Waals surface area contributed by atoms with Gasteiger partial charge < -0.3 is 15.4 Å². The molecule has 0 heterocycles. The molecule has 0 aliphatic carbocycles. The molecule has 9 heteroatoms. The maximum Gasteiger partial charge on any atom is 0.191 e. The van der Waals surface area contributed by atoms with Crippen LogP contribution in [-0.4, -0.2) is 59.7 Å². The normalized spacial score (nSPS) is 11.7. The Balaban J connectivity index is 0.00000529. The predicted octanol–water partition coefficient (Wildman–Crippen LogP) is 1.73. The quantitative estimate of drug-likeness (QED) is 0.239. The first-order valence-electron chi connectivity index (χ1n) is 7.36. The van der Waals surface area contributed by atoms with Crippen LogP contribution in [0.3, 0.4) is 0 Å². The van der Waals surface area contributed by atoms with E-state index in [9.17, 15) is 8.42 Å². The number of hydrogen-bond acceptors (Lipinski definition) is 4. The lowest BCUT2D eigenvalue weighted by molar-refractivity contribution is 0.154. The summed E-state index contributed by atoms with van der Waals surface area (Å²) in [6, 6.07) is 7.74. The average molecular weight is 490 g/mol. The molecule has 0 atom stereocenters. The average Bonchev–Trinajstić information content (AvgIpc) is 2.49. The number of aliphatic imine (C=N–C) groups is 1. The largest absolute Gasteiger partial charge is 0.379 e. The highest BCUT2D eigenvalue weighted by atomic mass is 127. The molecule has 0 unspecified atom stereocenters. The molecule has 1 rings (SSSR count). The lowest BCUT2D eigenvalue weighted by atomic mass is 10.1. The highest BCUT2D eigenvalue weighted by Gasteiger charge is 2.02. The second-order valence-corrected chi connectivity index (χ2v) is 7.68. The topological polar surface area (TPSA) is 79.8 Å². The number of ether oxygens (including phenoxy) is 1. The van der Waals surface area contributed by atoms with Gasteiger partial charge >= 0.3 is 0 Å². The Labute approximate surface area is 166 Å². The lowest BCUT2D eigenvalue weighted by Gasteiger charge is -2.12. The van der Waals surface area contributed by atoms with Crippen LogP contribution in [0.5, 0.6) is 0 Å². The van der Waals surface area contributed by atoms with Crippen LogP contribution < -0.4 is 10.6 Å². The van der Waals surface area contributed by atoms with E-state index in [1.165, 1.54) is 6.26 Å². The zero-order valence-corrected chi connectivity index (χ0v) is 17.8. The van der Waals surface area contributed by atoms with Gasteiger partial charge in [0.2, 0.25) is 0 Å². The van der Waals surface area contributed by atoms with Gasteiger partial charge in [-0.1, -0.05) is 29.8 Å². The minimum absolute atomic E-state index is 0. The van der Waals surface area contributed by atoms with Crippen LogP contribution in [-0.2, 0) is 21.0 Å². The fraction of sp³-hybridized carbons (Fsp3) is 0.533. The van der Waals surface area contributed by atoms with E-state index < -0.39 is 9.84 Å². The molecule has 0 bridgehead atoms. The van der Waals surface area contributed by atoms with Gasteiger partial charge in [0.15, 0.2) is 5.96 Å². The third kappa shape index (κ3) is 11.1. The number of nitrogens with one attached hydrogen (secondary N) is 2. The number of guanidine groups is 1. The number of hydrogen-bond donors (Lipinski definition) is 2. The molecule has 0 saturated heterocycles. The summed E-state index contributed by atoms with van der Waals surface area (Å²) in [4.78, 5) is 4.11. The van der Waals surface area contributed by atoms with E-state index in [0.29, 0.717) is 25.7 Å². The molecule has 2 N–H and O–H groups in total. The number of halogens is 2. The van der Waals surface area contributed by atoms with E-state index in [1.54, 1.807) is 7.05 Å². The molecule has 0 aromatic heterocycles. The van der Waals surface area contributed by atoms with Gasteiger partial charge in [0.1, 0.15) is 9.84 Å². The zero-order valence-electron chi connectivity index (χ0n) is 13.9. The number of rotatable bonds is 9. The lowest BCUT2D eigenvalue weighted by Crippen LogP contribution is -2.40. The molecular weight excluding hydrogens is 465 g/mol. The van der Waals surface area contributed by atoms with E-state index in [1.807, 2.05) is 24.3 Å². The molecule has 0 aliphatic rings. The summed E-state index contributed by atoms with van der Waals surface area (Å²) >= 11 is 6.10. The van der Waals surface area contributed by atoms with E-state index in [0.717, 1.165) is 17.0 Å². The highest BCUT2D eigenvalue weighted by molar-refractivity contribution is 14.0. The minimum atomic E-state index is -2.97. The first-order chi connectivity index (χ1) is 10.9. The van der Waals surface area contributed by atoms with Crippen molar-refractivity contribution in [3.05, 3.63) is 34.9 Å². The number of nitrogens with zero attached hydrogens (tertiary/aromatic N) is 1. The predicted molar refractivity (Wildman–Crippen MR) is 110 cm³/mol. The van der Waals surface area contributed by atoms with Crippen molar-refractivity contribution in [3.8, 4) is 0 Å². The molecule has 0 spiro atoms. The molecule has 0 fully saturated rings. The first-order valence-corrected chi connectivity index (χ1v) is 9.79. The molecule has 1 aromatic carbocycles. The molecule has 138 valence electrons. The molecule has 24 heavy (non-hydrogen) atoms. The Morgan fingerprint density at radius 3 is 2.50 bits per heavy atom. The monoisotopic (exact) mass is 489 g/mol. The van der Waals surface area contributed by atoms with Crippen molar-refractivity contribution >= 4 is 51.4 Å². The van der Waals surface area contributed by atoms with Crippen molar-refractivity contribution in [3.63, 3.8) is 0 Å². The smallest absolute Gasteiger partial charge is 0.191 e. The molecule has 0 radical (unpaired) electrons. The number of benzene rings is 1. The summed E-state index contributed by atoms with van der Waals surface area (Å²) in [6.07, 6.45) is 1.99.